The number of hydrogen-bond donors (Lipinski definition) is 2. The molecular weight excluding hydrogens is 660 g/mol. The second-order valence-corrected chi connectivity index (χ2v) is 15.4. The number of aryl methyl sites for hydroxylation is 1. The number of esters is 1. The molecule has 244 valence electrons. The van der Waals surface area contributed by atoms with Crippen molar-refractivity contribution in [2.45, 2.75) is 59.9 Å². The highest BCUT2D eigenvalue weighted by atomic mass is 79.9. The number of aliphatic imine (C=N–C) groups is 2. The smallest absolute Gasteiger partial charge is 0.330 e. The summed E-state index contributed by atoms with van der Waals surface area (Å²) < 4.78 is 6.36. The van der Waals surface area contributed by atoms with Gasteiger partial charge in [0.1, 0.15) is 5.54 Å². The van der Waals surface area contributed by atoms with Crippen LogP contribution in [0.2, 0.25) is 0 Å². The number of aromatic amines is 2. The molecular formula is C41H41BrN4O2. The number of rotatable bonds is 5. The predicted molar refractivity (Wildman–Crippen MR) is 200 cm³/mol. The maximum Gasteiger partial charge on any atom is 0.330 e. The number of fused-ring (bicyclic) bond motifs is 7. The van der Waals surface area contributed by atoms with Crippen molar-refractivity contribution in [3.8, 4) is 22.3 Å². The lowest BCUT2D eigenvalue weighted by Gasteiger charge is -2.25. The van der Waals surface area contributed by atoms with E-state index in [1.807, 2.05) is 13.0 Å². The van der Waals surface area contributed by atoms with Crippen LogP contribution in [-0.2, 0) is 15.1 Å². The maximum absolute atomic E-state index is 12.8. The quantitative estimate of drug-likeness (QED) is 0.162. The van der Waals surface area contributed by atoms with Crippen molar-refractivity contribution in [3.63, 3.8) is 0 Å². The van der Waals surface area contributed by atoms with Crippen LogP contribution in [-0.4, -0.2) is 34.0 Å². The Kier molecular flexibility index (Phi) is 7.94. The molecule has 0 saturated heterocycles. The number of H-pyrrole nitrogens is 2. The van der Waals surface area contributed by atoms with Crippen LogP contribution < -0.4 is 10.7 Å². The topological polar surface area (TPSA) is 82.6 Å². The fourth-order valence-corrected chi connectivity index (χ4v) is 7.39. The van der Waals surface area contributed by atoms with Crippen LogP contribution in [0.15, 0.2) is 93.0 Å². The third-order valence-electron chi connectivity index (χ3n) is 9.67. The number of halogens is 1. The van der Waals surface area contributed by atoms with Gasteiger partial charge in [-0.1, -0.05) is 85.6 Å². The molecule has 6 nitrogen and oxygen atoms in total. The number of nitrogens with one attached hydrogen (secondary N) is 2. The van der Waals surface area contributed by atoms with E-state index in [1.165, 1.54) is 11.6 Å². The fourth-order valence-electron chi connectivity index (χ4n) is 7.13. The van der Waals surface area contributed by atoms with E-state index in [0.717, 1.165) is 72.4 Å². The van der Waals surface area contributed by atoms with E-state index in [-0.39, 0.29) is 16.8 Å². The zero-order valence-corrected chi connectivity index (χ0v) is 30.0. The SMILES string of the molecule is CCOC(=O)/C=C/C12CC(C)(C)C(=N1)/C=c1\[nH]/c(cc1-c1ccc(Br)cc1)=C\C1=NC(=C\c3[nH]c2cc3-c2ccc(C)cc2)/C(C)(C)C1. The second-order valence-electron chi connectivity index (χ2n) is 14.5. The Balaban J connectivity index is 1.54. The molecule has 5 heterocycles. The minimum absolute atomic E-state index is 0.170. The van der Waals surface area contributed by atoms with E-state index in [2.05, 4.69) is 139 Å². The Hall–Kier alpha value is -4.49. The average molecular weight is 702 g/mol. The Labute approximate surface area is 290 Å². The number of benzene rings is 2. The van der Waals surface area contributed by atoms with Crippen molar-refractivity contribution in [1.29, 1.82) is 0 Å². The molecule has 3 aliphatic rings. The third kappa shape index (κ3) is 6.00. The van der Waals surface area contributed by atoms with Gasteiger partial charge in [0, 0.05) is 78.1 Å². The lowest BCUT2D eigenvalue weighted by molar-refractivity contribution is -0.137. The molecule has 0 amide bonds. The number of allylic oxidation sites excluding steroid dienone is 1. The van der Waals surface area contributed by atoms with Gasteiger partial charge in [-0.2, -0.15) is 0 Å². The van der Waals surface area contributed by atoms with E-state index in [0.29, 0.717) is 13.0 Å². The summed E-state index contributed by atoms with van der Waals surface area (Å²) in [6.07, 6.45) is 11.5. The molecule has 0 spiro atoms. The van der Waals surface area contributed by atoms with Crippen LogP contribution in [0.25, 0.3) is 40.5 Å². The van der Waals surface area contributed by atoms with Crippen LogP contribution in [0.3, 0.4) is 0 Å². The first kappa shape index (κ1) is 32.1. The number of ether oxygens (including phenoxy) is 1. The monoisotopic (exact) mass is 700 g/mol. The van der Waals surface area contributed by atoms with E-state index in [9.17, 15) is 4.79 Å². The van der Waals surface area contributed by atoms with Crippen LogP contribution >= 0.6 is 15.9 Å². The summed E-state index contributed by atoms with van der Waals surface area (Å²) in [4.78, 5) is 31.0. The van der Waals surface area contributed by atoms with Gasteiger partial charge >= 0.3 is 5.97 Å². The van der Waals surface area contributed by atoms with E-state index < -0.39 is 5.54 Å². The van der Waals surface area contributed by atoms with Crippen molar-refractivity contribution in [2.24, 2.45) is 20.8 Å². The molecule has 4 aromatic rings. The van der Waals surface area contributed by atoms with Crippen molar-refractivity contribution >= 4 is 51.6 Å². The highest BCUT2D eigenvalue weighted by Gasteiger charge is 2.46. The zero-order valence-electron chi connectivity index (χ0n) is 28.4. The Bertz CT molecular complexity index is 2170. The average Bonchev–Trinajstić information content (AvgIpc) is 3.76. The van der Waals surface area contributed by atoms with Crippen molar-refractivity contribution in [3.05, 3.63) is 111 Å². The molecule has 0 radical (unpaired) electrons. The van der Waals surface area contributed by atoms with Crippen LogP contribution in [0.5, 0.6) is 0 Å². The summed E-state index contributed by atoms with van der Waals surface area (Å²) in [5, 5.41) is 1.98. The van der Waals surface area contributed by atoms with Crippen molar-refractivity contribution in [2.75, 3.05) is 6.61 Å². The summed E-state index contributed by atoms with van der Waals surface area (Å²) in [5.41, 5.74) is 9.17. The van der Waals surface area contributed by atoms with Crippen LogP contribution in [0, 0.1) is 17.8 Å². The Morgan fingerprint density at radius 3 is 2.35 bits per heavy atom. The minimum atomic E-state index is -0.836. The molecule has 2 N–H and O–H groups in total. The van der Waals surface area contributed by atoms with Crippen LogP contribution in [0.4, 0.5) is 0 Å². The highest BCUT2D eigenvalue weighted by Crippen LogP contribution is 2.49. The molecule has 1 atom stereocenters. The lowest BCUT2D eigenvalue weighted by atomic mass is 9.78. The summed E-state index contributed by atoms with van der Waals surface area (Å²) in [6, 6.07) is 21.4. The van der Waals surface area contributed by atoms with Gasteiger partial charge in [0.25, 0.3) is 0 Å². The molecule has 1 unspecified atom stereocenters. The predicted octanol–water partition coefficient (Wildman–Crippen LogP) is 8.42. The van der Waals surface area contributed by atoms with Gasteiger partial charge in [0.2, 0.25) is 0 Å². The normalized spacial score (nSPS) is 23.1. The molecule has 8 bridgehead atoms. The molecule has 2 aromatic carbocycles. The van der Waals surface area contributed by atoms with E-state index >= 15 is 0 Å². The van der Waals surface area contributed by atoms with Gasteiger partial charge in [-0.15, -0.1) is 0 Å². The Morgan fingerprint density at radius 1 is 0.917 bits per heavy atom. The largest absolute Gasteiger partial charge is 0.463 e. The minimum Gasteiger partial charge on any atom is -0.463 e. The van der Waals surface area contributed by atoms with Crippen molar-refractivity contribution < 1.29 is 9.53 Å². The number of hydrogen-bond acceptors (Lipinski definition) is 4. The number of carbonyl (C=O) groups is 1. The van der Waals surface area contributed by atoms with Crippen LogP contribution in [0.1, 0.15) is 64.4 Å². The first-order valence-corrected chi connectivity index (χ1v) is 17.4. The molecule has 0 aliphatic carbocycles. The summed E-state index contributed by atoms with van der Waals surface area (Å²) in [5.74, 6) is -0.377. The van der Waals surface area contributed by atoms with Gasteiger partial charge < -0.3 is 14.7 Å². The summed E-state index contributed by atoms with van der Waals surface area (Å²) in [7, 11) is 0. The first-order chi connectivity index (χ1) is 22.8. The van der Waals surface area contributed by atoms with Crippen molar-refractivity contribution in [1.82, 2.24) is 9.97 Å². The first-order valence-electron chi connectivity index (χ1n) is 16.6. The third-order valence-corrected chi connectivity index (χ3v) is 10.2. The maximum atomic E-state index is 12.8. The number of aromatic nitrogens is 2. The molecule has 7 heteroatoms. The number of nitrogens with zero attached hydrogens (tertiary/aromatic N) is 2. The molecule has 0 fully saturated rings. The Morgan fingerprint density at radius 2 is 1.62 bits per heavy atom. The van der Waals surface area contributed by atoms with Gasteiger partial charge in [0.15, 0.2) is 0 Å². The van der Waals surface area contributed by atoms with Gasteiger partial charge in [-0.3, -0.25) is 9.98 Å². The lowest BCUT2D eigenvalue weighted by Crippen LogP contribution is -2.25. The van der Waals surface area contributed by atoms with Gasteiger partial charge in [-0.05, 0) is 80.0 Å². The number of carbonyl (C=O) groups excluding carboxylic acids is 1. The second kappa shape index (κ2) is 11.9. The zero-order chi connectivity index (χ0) is 33.8. The van der Waals surface area contributed by atoms with Gasteiger partial charge in [0.05, 0.1) is 6.61 Å². The molecule has 48 heavy (non-hydrogen) atoms. The summed E-state index contributed by atoms with van der Waals surface area (Å²) >= 11 is 3.59. The highest BCUT2D eigenvalue weighted by molar-refractivity contribution is 9.10. The molecule has 0 saturated carbocycles. The van der Waals surface area contributed by atoms with E-state index in [4.69, 9.17) is 14.7 Å². The van der Waals surface area contributed by atoms with Gasteiger partial charge in [-0.25, -0.2) is 4.79 Å². The van der Waals surface area contributed by atoms with E-state index in [1.54, 1.807) is 0 Å². The molecule has 2 aromatic heterocycles. The molecule has 3 aliphatic heterocycles. The molecule has 7 rings (SSSR count). The fraction of sp³-hybridized carbons (Fsp3) is 0.293. The standard InChI is InChI=1S/C41H41BrN4O2/c1-7-48-38(47)16-17-41-24-40(5,6)36(46-41)22-33-31(27-12-14-28(42)15-13-27)19-29(43-33)18-30-23-39(3,4)35(44-30)21-34-32(20-37(41)45-34)26-10-8-25(2)9-11-26/h8-22,43,45H,7,23-24H2,1-6H3/b17-16+,29-18-,33-22-,35-21-. The summed E-state index contributed by atoms with van der Waals surface area (Å²) in [6.45, 7) is 13.2.